The summed E-state index contributed by atoms with van der Waals surface area (Å²) in [5.74, 6) is -2.72. The van der Waals surface area contributed by atoms with E-state index >= 15 is 8.78 Å². The molecule has 4 heterocycles. The van der Waals surface area contributed by atoms with E-state index in [1.807, 2.05) is 12.1 Å². The Bertz CT molecular complexity index is 1930. The van der Waals surface area contributed by atoms with Gasteiger partial charge in [-0.25, -0.2) is 28.2 Å². The van der Waals surface area contributed by atoms with Crippen molar-refractivity contribution < 1.29 is 32.7 Å². The standard InChI is InChI=1S/C40H34Cl2F2N4O5/c41-27-21-29(43)33(47-37(49)31-15-7-9-17-45(31)39(47)51)19-25(27)35(23-11-3-1-4-12-23)53-36(24-13-5-2-6-14-24)26-20-34(30(44)22-28(26)42)48-38(50)32-16-8-10-18-46(32)40(48)52/h1-6,11-14,19-22,31-32,35-36H,7-10,15-18H2. The number of carbonyl (C=O) groups excluding carboxylic acids is 4. The van der Waals surface area contributed by atoms with Crippen LogP contribution in [0.2, 0.25) is 10.0 Å². The second-order valence-electron chi connectivity index (χ2n) is 13.7. The van der Waals surface area contributed by atoms with E-state index in [1.165, 1.54) is 21.9 Å². The Kier molecular flexibility index (Phi) is 9.42. The van der Waals surface area contributed by atoms with Crippen LogP contribution in [0.3, 0.4) is 0 Å². The minimum absolute atomic E-state index is 0.0282. The molecule has 4 saturated heterocycles. The third-order valence-corrected chi connectivity index (χ3v) is 11.2. The summed E-state index contributed by atoms with van der Waals surface area (Å²) < 4.78 is 38.6. The van der Waals surface area contributed by atoms with E-state index in [1.54, 1.807) is 48.5 Å². The van der Waals surface area contributed by atoms with Crippen molar-refractivity contribution in [1.29, 1.82) is 0 Å². The van der Waals surface area contributed by atoms with Gasteiger partial charge < -0.3 is 14.5 Å². The number of urea groups is 2. The van der Waals surface area contributed by atoms with Gasteiger partial charge in [0.05, 0.1) is 11.4 Å². The van der Waals surface area contributed by atoms with Crippen LogP contribution >= 0.6 is 23.2 Å². The summed E-state index contributed by atoms with van der Waals surface area (Å²) in [6, 6.07) is 20.2. The van der Waals surface area contributed by atoms with Gasteiger partial charge in [0.1, 0.15) is 35.9 Å². The molecule has 53 heavy (non-hydrogen) atoms. The minimum atomic E-state index is -1.06. The maximum Gasteiger partial charge on any atom is 0.332 e. The number of amides is 6. The monoisotopic (exact) mass is 758 g/mol. The summed E-state index contributed by atoms with van der Waals surface area (Å²) in [5.41, 5.74) is 1.18. The molecule has 0 spiro atoms. The summed E-state index contributed by atoms with van der Waals surface area (Å²) in [6.07, 6.45) is 1.91. The van der Waals surface area contributed by atoms with E-state index in [2.05, 4.69) is 0 Å². The van der Waals surface area contributed by atoms with Gasteiger partial charge in [0.2, 0.25) is 0 Å². The van der Waals surface area contributed by atoms with Crippen molar-refractivity contribution in [2.75, 3.05) is 22.9 Å². The number of carbonyl (C=O) groups is 4. The van der Waals surface area contributed by atoms with E-state index in [0.29, 0.717) is 37.1 Å². The number of imide groups is 2. The minimum Gasteiger partial charge on any atom is -0.356 e. The number of halogens is 4. The van der Waals surface area contributed by atoms with Gasteiger partial charge in [0.25, 0.3) is 11.8 Å². The van der Waals surface area contributed by atoms with E-state index in [-0.39, 0.29) is 32.5 Å². The highest BCUT2D eigenvalue weighted by Gasteiger charge is 2.49. The van der Waals surface area contributed by atoms with Crippen LogP contribution in [-0.4, -0.2) is 58.8 Å². The Morgan fingerprint density at radius 1 is 0.585 bits per heavy atom. The van der Waals surface area contributed by atoms with Crippen LogP contribution in [0.4, 0.5) is 29.7 Å². The number of nitrogens with zero attached hydrogens (tertiary/aromatic N) is 4. The molecule has 4 atom stereocenters. The van der Waals surface area contributed by atoms with Crippen LogP contribution in [0.25, 0.3) is 0 Å². The first kappa shape index (κ1) is 35.2. The van der Waals surface area contributed by atoms with E-state index in [9.17, 15) is 19.2 Å². The number of hydrogen-bond donors (Lipinski definition) is 0. The molecule has 4 aliphatic heterocycles. The Morgan fingerprint density at radius 2 is 0.981 bits per heavy atom. The Labute approximate surface area is 314 Å². The van der Waals surface area contributed by atoms with Gasteiger partial charge in [-0.1, -0.05) is 83.9 Å². The Morgan fingerprint density at radius 3 is 1.36 bits per heavy atom. The molecule has 0 radical (unpaired) electrons. The number of piperidine rings is 2. The molecule has 272 valence electrons. The zero-order chi connectivity index (χ0) is 37.0. The molecule has 9 nitrogen and oxygen atoms in total. The smallest absolute Gasteiger partial charge is 0.332 e. The molecule has 4 aromatic rings. The van der Waals surface area contributed by atoms with E-state index in [0.717, 1.165) is 47.6 Å². The van der Waals surface area contributed by atoms with Gasteiger partial charge in [0, 0.05) is 34.3 Å². The molecule has 0 aliphatic carbocycles. The summed E-state index contributed by atoms with van der Waals surface area (Å²) in [5, 5.41) is -0.0564. The molecule has 13 heteroatoms. The number of ether oxygens (including phenoxy) is 1. The Balaban J connectivity index is 1.25. The van der Waals surface area contributed by atoms with Crippen molar-refractivity contribution in [3.63, 3.8) is 0 Å². The zero-order valence-electron chi connectivity index (χ0n) is 28.4. The van der Waals surface area contributed by atoms with Gasteiger partial charge in [0.15, 0.2) is 0 Å². The average molecular weight is 760 g/mol. The van der Waals surface area contributed by atoms with Gasteiger partial charge in [-0.15, -0.1) is 0 Å². The molecule has 0 bridgehead atoms. The third-order valence-electron chi connectivity index (χ3n) is 10.5. The lowest BCUT2D eigenvalue weighted by Gasteiger charge is -2.29. The number of anilines is 2. The Hall–Kier alpha value is -4.84. The van der Waals surface area contributed by atoms with Crippen molar-refractivity contribution in [3.05, 3.63) is 129 Å². The highest BCUT2D eigenvalue weighted by atomic mass is 35.5. The van der Waals surface area contributed by atoms with Gasteiger partial charge in [-0.05, 0) is 73.9 Å². The highest BCUT2D eigenvalue weighted by molar-refractivity contribution is 6.32. The number of hydrogen-bond acceptors (Lipinski definition) is 5. The van der Waals surface area contributed by atoms with Crippen molar-refractivity contribution >= 4 is 58.5 Å². The molecule has 6 amide bonds. The van der Waals surface area contributed by atoms with E-state index < -0.39 is 59.8 Å². The molecule has 4 aliphatic rings. The number of benzene rings is 4. The first-order valence-corrected chi connectivity index (χ1v) is 18.4. The lowest BCUT2D eigenvalue weighted by atomic mass is 9.96. The van der Waals surface area contributed by atoms with Crippen LogP contribution in [0.1, 0.15) is 73.0 Å². The fourth-order valence-corrected chi connectivity index (χ4v) is 8.43. The summed E-state index contributed by atoms with van der Waals surface area (Å²) >= 11 is 13.6. The molecule has 4 fully saturated rings. The summed E-state index contributed by atoms with van der Waals surface area (Å²) in [4.78, 5) is 58.9. The lowest BCUT2D eigenvalue weighted by molar-refractivity contribution is -0.121. The fraction of sp³-hybridized carbons (Fsp3) is 0.300. The quantitative estimate of drug-likeness (QED) is 0.168. The zero-order valence-corrected chi connectivity index (χ0v) is 29.9. The number of rotatable bonds is 8. The van der Waals surface area contributed by atoms with Crippen molar-refractivity contribution in [1.82, 2.24) is 9.80 Å². The molecule has 4 aromatic carbocycles. The largest absolute Gasteiger partial charge is 0.356 e. The normalized spacial score (nSPS) is 21.3. The van der Waals surface area contributed by atoms with Gasteiger partial charge >= 0.3 is 12.1 Å². The predicted octanol–water partition coefficient (Wildman–Crippen LogP) is 8.81. The lowest BCUT2D eigenvalue weighted by Crippen LogP contribution is -2.39. The topological polar surface area (TPSA) is 90.5 Å². The average Bonchev–Trinajstić information content (AvgIpc) is 3.57. The fourth-order valence-electron chi connectivity index (χ4n) is 7.93. The van der Waals surface area contributed by atoms with Crippen LogP contribution in [0.5, 0.6) is 0 Å². The van der Waals surface area contributed by atoms with Crippen LogP contribution in [-0.2, 0) is 14.3 Å². The van der Waals surface area contributed by atoms with Crippen LogP contribution in [0.15, 0.2) is 84.9 Å². The first-order chi connectivity index (χ1) is 25.6. The SMILES string of the molecule is O=C1C2CCCCN2C(=O)N1c1cc(C(OC(c2ccccc2)c2cc(N3C(=O)C4CCCCN4C3=O)c(F)cc2Cl)c2ccccc2)c(Cl)cc1F. The number of fused-ring (bicyclic) bond motifs is 2. The molecule has 0 N–H and O–H groups in total. The first-order valence-electron chi connectivity index (χ1n) is 17.7. The molecule has 0 aromatic heterocycles. The van der Waals surface area contributed by atoms with Crippen LogP contribution < -0.4 is 9.80 Å². The third kappa shape index (κ3) is 6.14. The van der Waals surface area contributed by atoms with Crippen LogP contribution in [0, 0.1) is 11.6 Å². The maximum atomic E-state index is 15.8. The van der Waals surface area contributed by atoms with Gasteiger partial charge in [-0.3, -0.25) is 9.59 Å². The molecular formula is C40H34Cl2F2N4O5. The second kappa shape index (κ2) is 14.2. The van der Waals surface area contributed by atoms with Crippen molar-refractivity contribution in [2.45, 2.75) is 62.8 Å². The van der Waals surface area contributed by atoms with E-state index in [4.69, 9.17) is 27.9 Å². The van der Waals surface area contributed by atoms with Gasteiger partial charge in [-0.2, -0.15) is 0 Å². The molecule has 4 unspecified atom stereocenters. The van der Waals surface area contributed by atoms with Crippen molar-refractivity contribution in [2.24, 2.45) is 0 Å². The highest BCUT2D eigenvalue weighted by Crippen LogP contribution is 2.45. The molecule has 8 rings (SSSR count). The maximum absolute atomic E-state index is 15.8. The molecular weight excluding hydrogens is 725 g/mol. The summed E-state index contributed by atoms with van der Waals surface area (Å²) in [6.45, 7) is 0.798. The van der Waals surface area contributed by atoms with Crippen molar-refractivity contribution in [3.8, 4) is 0 Å². The predicted molar refractivity (Wildman–Crippen MR) is 195 cm³/mol. The summed E-state index contributed by atoms with van der Waals surface area (Å²) in [7, 11) is 0. The second-order valence-corrected chi connectivity index (χ2v) is 14.5. The molecule has 0 saturated carbocycles.